The Hall–Kier alpha value is -2.31. The van der Waals surface area contributed by atoms with Crippen LogP contribution < -0.4 is 5.14 Å². The molecule has 0 aliphatic heterocycles. The standard InChI is InChI=1S/C19H19N3O2S/c1-19(2)16(12-7-9-14(10-8-12)25(20,23)24)17(19)18-21-11-13-5-3-4-6-15(13)22-18/h3-11,16-17H,1-2H3,(H2,20,23,24)/t16-,17+/m1/s1. The van der Waals surface area contributed by atoms with E-state index in [0.29, 0.717) is 0 Å². The SMILES string of the molecule is CC1(C)[C@H](c2ccc(S(N)(=O)=O)cc2)[C@H]1c1ncc2ccccc2n1. The van der Waals surface area contributed by atoms with E-state index in [9.17, 15) is 8.42 Å². The van der Waals surface area contributed by atoms with E-state index < -0.39 is 10.0 Å². The zero-order valence-electron chi connectivity index (χ0n) is 14.0. The maximum absolute atomic E-state index is 11.4. The minimum Gasteiger partial charge on any atom is -0.240 e. The Morgan fingerprint density at radius 1 is 1.00 bits per heavy atom. The van der Waals surface area contributed by atoms with Crippen molar-refractivity contribution in [2.75, 3.05) is 0 Å². The van der Waals surface area contributed by atoms with E-state index in [1.54, 1.807) is 12.1 Å². The Bertz CT molecular complexity index is 1060. The second kappa shape index (κ2) is 5.34. The lowest BCUT2D eigenvalue weighted by Gasteiger charge is -2.04. The minimum absolute atomic E-state index is 0.0194. The van der Waals surface area contributed by atoms with Gasteiger partial charge in [0, 0.05) is 23.4 Å². The van der Waals surface area contributed by atoms with Crippen LogP contribution in [0.3, 0.4) is 0 Å². The fraction of sp³-hybridized carbons (Fsp3) is 0.263. The van der Waals surface area contributed by atoms with Gasteiger partial charge in [0.15, 0.2) is 0 Å². The first kappa shape index (κ1) is 16.2. The molecule has 128 valence electrons. The highest BCUT2D eigenvalue weighted by molar-refractivity contribution is 7.89. The van der Waals surface area contributed by atoms with Gasteiger partial charge in [-0.05, 0) is 29.2 Å². The topological polar surface area (TPSA) is 85.9 Å². The van der Waals surface area contributed by atoms with E-state index in [4.69, 9.17) is 10.1 Å². The van der Waals surface area contributed by atoms with Crippen molar-refractivity contribution in [1.82, 2.24) is 9.97 Å². The summed E-state index contributed by atoms with van der Waals surface area (Å²) in [6.07, 6.45) is 1.87. The summed E-state index contributed by atoms with van der Waals surface area (Å²) >= 11 is 0. The van der Waals surface area contributed by atoms with Crippen molar-refractivity contribution in [2.24, 2.45) is 10.6 Å². The third-order valence-corrected chi connectivity index (χ3v) is 6.11. The highest BCUT2D eigenvalue weighted by Gasteiger charge is 2.60. The van der Waals surface area contributed by atoms with Gasteiger partial charge in [-0.2, -0.15) is 0 Å². The van der Waals surface area contributed by atoms with Crippen LogP contribution in [0.15, 0.2) is 59.6 Å². The molecule has 1 heterocycles. The number of hydrogen-bond donors (Lipinski definition) is 1. The molecule has 1 saturated carbocycles. The molecule has 0 amide bonds. The summed E-state index contributed by atoms with van der Waals surface area (Å²) in [7, 11) is -3.67. The van der Waals surface area contributed by atoms with E-state index in [-0.39, 0.29) is 22.1 Å². The van der Waals surface area contributed by atoms with Gasteiger partial charge in [0.25, 0.3) is 0 Å². The maximum Gasteiger partial charge on any atom is 0.238 e. The van der Waals surface area contributed by atoms with Crippen LogP contribution in [0, 0.1) is 5.41 Å². The van der Waals surface area contributed by atoms with E-state index in [2.05, 4.69) is 18.8 Å². The van der Waals surface area contributed by atoms with Crippen LogP contribution in [0.5, 0.6) is 0 Å². The molecule has 0 spiro atoms. The van der Waals surface area contributed by atoms with Crippen molar-refractivity contribution in [3.63, 3.8) is 0 Å². The van der Waals surface area contributed by atoms with Crippen molar-refractivity contribution in [3.05, 3.63) is 66.1 Å². The molecule has 0 radical (unpaired) electrons. The summed E-state index contributed by atoms with van der Waals surface area (Å²) in [4.78, 5) is 9.44. The van der Waals surface area contributed by atoms with Crippen molar-refractivity contribution < 1.29 is 8.42 Å². The van der Waals surface area contributed by atoms with Gasteiger partial charge < -0.3 is 0 Å². The fourth-order valence-electron chi connectivity index (χ4n) is 3.74. The minimum atomic E-state index is -3.67. The quantitative estimate of drug-likeness (QED) is 0.783. The number of nitrogens with zero attached hydrogens (tertiary/aromatic N) is 2. The average molecular weight is 353 g/mol. The first-order valence-electron chi connectivity index (χ1n) is 8.13. The Morgan fingerprint density at radius 2 is 1.68 bits per heavy atom. The summed E-state index contributed by atoms with van der Waals surface area (Å²) in [5, 5.41) is 6.20. The highest BCUT2D eigenvalue weighted by Crippen LogP contribution is 2.69. The second-order valence-corrected chi connectivity index (χ2v) is 8.74. The summed E-state index contributed by atoms with van der Waals surface area (Å²) in [6, 6.07) is 14.8. The van der Waals surface area contributed by atoms with Crippen LogP contribution in [0.1, 0.15) is 37.1 Å². The smallest absolute Gasteiger partial charge is 0.238 e. The molecule has 1 aliphatic carbocycles. The van der Waals surface area contributed by atoms with E-state index in [1.807, 2.05) is 42.6 Å². The number of aromatic nitrogens is 2. The van der Waals surface area contributed by atoms with E-state index in [1.165, 1.54) is 0 Å². The van der Waals surface area contributed by atoms with Crippen molar-refractivity contribution in [3.8, 4) is 0 Å². The van der Waals surface area contributed by atoms with Crippen LogP contribution >= 0.6 is 0 Å². The second-order valence-electron chi connectivity index (χ2n) is 7.18. The van der Waals surface area contributed by atoms with Crippen molar-refractivity contribution >= 4 is 20.9 Å². The molecule has 3 aromatic rings. The molecular weight excluding hydrogens is 334 g/mol. The molecule has 6 heteroatoms. The normalized spacial score (nSPS) is 22.0. The summed E-state index contributed by atoms with van der Waals surface area (Å²) < 4.78 is 22.9. The molecular formula is C19H19N3O2S. The maximum atomic E-state index is 11.4. The molecule has 0 unspecified atom stereocenters. The van der Waals surface area contributed by atoms with Crippen LogP contribution in [0.25, 0.3) is 10.9 Å². The Kier molecular flexibility index (Phi) is 3.46. The summed E-state index contributed by atoms with van der Waals surface area (Å²) in [5.74, 6) is 1.30. The predicted octanol–water partition coefficient (Wildman–Crippen LogP) is 3.18. The first-order chi connectivity index (χ1) is 11.8. The van der Waals surface area contributed by atoms with Gasteiger partial charge in [-0.1, -0.05) is 44.2 Å². The predicted molar refractivity (Wildman–Crippen MR) is 96.6 cm³/mol. The Balaban J connectivity index is 1.69. The lowest BCUT2D eigenvalue weighted by molar-refractivity contribution is 0.593. The number of sulfonamides is 1. The number of primary sulfonamides is 1. The molecule has 5 nitrogen and oxygen atoms in total. The third kappa shape index (κ3) is 2.71. The van der Waals surface area contributed by atoms with Gasteiger partial charge in [0.05, 0.1) is 10.4 Å². The molecule has 1 aromatic heterocycles. The lowest BCUT2D eigenvalue weighted by atomic mass is 10.0. The first-order valence-corrected chi connectivity index (χ1v) is 9.67. The van der Waals surface area contributed by atoms with Crippen LogP contribution in [0.2, 0.25) is 0 Å². The molecule has 1 aliphatic rings. The number of hydrogen-bond acceptors (Lipinski definition) is 4. The molecule has 2 atom stereocenters. The summed E-state index contributed by atoms with van der Waals surface area (Å²) in [6.45, 7) is 4.38. The number of nitrogens with two attached hydrogens (primary N) is 1. The molecule has 2 N–H and O–H groups in total. The largest absolute Gasteiger partial charge is 0.240 e. The van der Waals surface area contributed by atoms with Gasteiger partial charge in [-0.25, -0.2) is 23.5 Å². The zero-order chi connectivity index (χ0) is 17.8. The average Bonchev–Trinajstić information content (AvgIpc) is 3.16. The molecule has 4 rings (SSSR count). The van der Waals surface area contributed by atoms with E-state index in [0.717, 1.165) is 22.3 Å². The van der Waals surface area contributed by atoms with Gasteiger partial charge in [-0.15, -0.1) is 0 Å². The Labute approximate surface area is 147 Å². The van der Waals surface area contributed by atoms with Crippen LogP contribution in [-0.4, -0.2) is 18.4 Å². The molecule has 2 aromatic carbocycles. The molecule has 25 heavy (non-hydrogen) atoms. The number of fused-ring (bicyclic) bond motifs is 1. The zero-order valence-corrected chi connectivity index (χ0v) is 14.9. The van der Waals surface area contributed by atoms with Gasteiger partial charge in [0.1, 0.15) is 5.82 Å². The van der Waals surface area contributed by atoms with Gasteiger partial charge in [-0.3, -0.25) is 0 Å². The number of para-hydroxylation sites is 1. The monoisotopic (exact) mass is 353 g/mol. The lowest BCUT2D eigenvalue weighted by Crippen LogP contribution is -2.11. The molecule has 1 fully saturated rings. The van der Waals surface area contributed by atoms with Gasteiger partial charge in [0.2, 0.25) is 10.0 Å². The summed E-state index contributed by atoms with van der Waals surface area (Å²) in [5.41, 5.74) is 2.05. The fourth-order valence-corrected chi connectivity index (χ4v) is 4.26. The van der Waals surface area contributed by atoms with Crippen LogP contribution in [-0.2, 0) is 10.0 Å². The number of rotatable bonds is 3. The third-order valence-electron chi connectivity index (χ3n) is 5.18. The molecule has 0 bridgehead atoms. The van der Waals surface area contributed by atoms with Crippen molar-refractivity contribution in [2.45, 2.75) is 30.6 Å². The van der Waals surface area contributed by atoms with Gasteiger partial charge >= 0.3 is 0 Å². The molecule has 0 saturated heterocycles. The van der Waals surface area contributed by atoms with Crippen LogP contribution in [0.4, 0.5) is 0 Å². The highest BCUT2D eigenvalue weighted by atomic mass is 32.2. The Morgan fingerprint density at radius 3 is 2.36 bits per heavy atom. The van der Waals surface area contributed by atoms with Crippen molar-refractivity contribution in [1.29, 1.82) is 0 Å². The van der Waals surface area contributed by atoms with E-state index >= 15 is 0 Å². The number of benzene rings is 2.